The number of para-hydroxylation sites is 2. The van der Waals surface area contributed by atoms with Gasteiger partial charge in [0.25, 0.3) is 0 Å². The van der Waals surface area contributed by atoms with E-state index in [0.717, 1.165) is 23.1 Å². The number of carboxylic acids is 1. The summed E-state index contributed by atoms with van der Waals surface area (Å²) in [6, 6.07) is 16.1. The summed E-state index contributed by atoms with van der Waals surface area (Å²) in [7, 11) is 0. The number of thiazole rings is 1. The highest BCUT2D eigenvalue weighted by atomic mass is 32.2. The Bertz CT molecular complexity index is 1170. The van der Waals surface area contributed by atoms with E-state index in [4.69, 9.17) is 4.74 Å². The van der Waals surface area contributed by atoms with Crippen molar-refractivity contribution in [2.75, 3.05) is 0 Å². The number of hydrogen-bond donors (Lipinski definition) is 0. The molecule has 0 saturated carbocycles. The van der Waals surface area contributed by atoms with Gasteiger partial charge < -0.3 is 14.6 Å². The third-order valence-electron chi connectivity index (χ3n) is 4.98. The van der Waals surface area contributed by atoms with Crippen LogP contribution in [0.1, 0.15) is 16.4 Å². The van der Waals surface area contributed by atoms with Crippen molar-refractivity contribution in [3.05, 3.63) is 74.7 Å². The van der Waals surface area contributed by atoms with Crippen LogP contribution < -0.4 is 14.7 Å². The Kier molecular flexibility index (Phi) is 3.92. The molecule has 3 atom stereocenters. The van der Waals surface area contributed by atoms with Gasteiger partial charge in [-0.15, -0.1) is 0 Å². The minimum atomic E-state index is -1.35. The summed E-state index contributed by atoms with van der Waals surface area (Å²) in [5, 5.41) is 11.3. The third-order valence-corrected chi connectivity index (χ3v) is 7.50. The van der Waals surface area contributed by atoms with E-state index < -0.39 is 29.0 Å². The Morgan fingerprint density at radius 3 is 2.50 bits per heavy atom. The molecule has 5 rings (SSSR count). The Labute approximate surface area is 167 Å². The lowest BCUT2D eigenvalue weighted by Gasteiger charge is -2.39. The van der Waals surface area contributed by atoms with Crippen molar-refractivity contribution in [3.8, 4) is 11.4 Å². The van der Waals surface area contributed by atoms with Gasteiger partial charge in [0.1, 0.15) is 5.75 Å². The number of fused-ring (bicyclic) bond motifs is 5. The first-order valence-electron chi connectivity index (χ1n) is 8.55. The van der Waals surface area contributed by atoms with Gasteiger partial charge >= 0.3 is 10.8 Å². The number of ether oxygens (including phenoxy) is 1. The maximum Gasteiger partial charge on any atom is 0.316 e. The average molecular weight is 410 g/mol. The monoisotopic (exact) mass is 410 g/mol. The lowest BCUT2D eigenvalue weighted by molar-refractivity contribution is -0.306. The molecule has 140 valence electrons. The maximum atomic E-state index is 12.8. The highest BCUT2D eigenvalue weighted by Crippen LogP contribution is 2.54. The fourth-order valence-electron chi connectivity index (χ4n) is 3.81. The van der Waals surface area contributed by atoms with Gasteiger partial charge in [0.05, 0.1) is 27.9 Å². The topological polar surface area (TPSA) is 88.4 Å². The second-order valence-electron chi connectivity index (χ2n) is 6.53. The van der Waals surface area contributed by atoms with Crippen LogP contribution in [0.2, 0.25) is 0 Å². The standard InChI is InChI=1S/C20H13NO5S2/c22-18(23)16-14-13(11-8-4-5-9-12(11)26-19(14)24)15-17(27-16)21(20(25)28-15)10-6-2-1-3-7-10/h1-9,13-14,16H,(H,22,23)/p-1/t13-,14+,16+/m0/s1. The molecule has 0 aliphatic carbocycles. The summed E-state index contributed by atoms with van der Waals surface area (Å²) in [6.07, 6.45) is 0. The van der Waals surface area contributed by atoms with Crippen LogP contribution in [-0.4, -0.2) is 21.8 Å². The minimum absolute atomic E-state index is 0.224. The Hall–Kier alpha value is -2.84. The van der Waals surface area contributed by atoms with E-state index >= 15 is 0 Å². The zero-order valence-electron chi connectivity index (χ0n) is 14.2. The number of nitrogens with zero attached hydrogens (tertiary/aromatic N) is 1. The van der Waals surface area contributed by atoms with E-state index in [0.29, 0.717) is 26.9 Å². The van der Waals surface area contributed by atoms with Crippen LogP contribution in [-0.2, 0) is 9.59 Å². The molecule has 8 heteroatoms. The number of carbonyl (C=O) groups is 2. The number of esters is 1. The third kappa shape index (κ3) is 2.45. The zero-order chi connectivity index (χ0) is 19.4. The highest BCUT2D eigenvalue weighted by molar-refractivity contribution is 8.00. The number of aromatic nitrogens is 1. The van der Waals surface area contributed by atoms with Crippen LogP contribution in [0.3, 0.4) is 0 Å². The highest BCUT2D eigenvalue weighted by Gasteiger charge is 2.50. The molecular weight excluding hydrogens is 398 g/mol. The maximum absolute atomic E-state index is 12.8. The van der Waals surface area contributed by atoms with E-state index in [2.05, 4.69) is 0 Å². The van der Waals surface area contributed by atoms with Crippen LogP contribution in [0.5, 0.6) is 5.75 Å². The van der Waals surface area contributed by atoms with Crippen molar-refractivity contribution in [1.29, 1.82) is 0 Å². The van der Waals surface area contributed by atoms with E-state index in [1.807, 2.05) is 30.3 Å². The molecule has 2 aliphatic rings. The van der Waals surface area contributed by atoms with Gasteiger partial charge in [-0.3, -0.25) is 14.2 Å². The predicted octanol–water partition coefficient (Wildman–Crippen LogP) is 1.79. The summed E-state index contributed by atoms with van der Waals surface area (Å²) in [5.41, 5.74) is 1.36. The normalized spacial score (nSPS) is 22.6. The van der Waals surface area contributed by atoms with Gasteiger partial charge in [-0.1, -0.05) is 59.5 Å². The molecule has 0 unspecified atom stereocenters. The van der Waals surface area contributed by atoms with Gasteiger partial charge in [-0.25, -0.2) is 0 Å². The van der Waals surface area contributed by atoms with Crippen molar-refractivity contribution in [2.45, 2.75) is 16.2 Å². The lowest BCUT2D eigenvalue weighted by Crippen LogP contribution is -2.48. The molecule has 28 heavy (non-hydrogen) atoms. The second-order valence-corrected chi connectivity index (χ2v) is 8.65. The van der Waals surface area contributed by atoms with Gasteiger partial charge in [0.15, 0.2) is 0 Å². The van der Waals surface area contributed by atoms with Crippen molar-refractivity contribution in [2.24, 2.45) is 5.92 Å². The molecule has 6 nitrogen and oxygen atoms in total. The molecule has 0 saturated heterocycles. The largest absolute Gasteiger partial charge is 0.549 e. The van der Waals surface area contributed by atoms with Crippen LogP contribution in [0.4, 0.5) is 0 Å². The first-order valence-corrected chi connectivity index (χ1v) is 10.2. The molecule has 2 aromatic carbocycles. The molecule has 1 aromatic heterocycles. The smallest absolute Gasteiger partial charge is 0.316 e. The molecule has 2 aliphatic heterocycles. The second kappa shape index (κ2) is 6.35. The molecule has 0 bridgehead atoms. The molecule has 0 amide bonds. The van der Waals surface area contributed by atoms with E-state index in [1.54, 1.807) is 24.3 Å². The van der Waals surface area contributed by atoms with E-state index in [1.165, 1.54) is 4.57 Å². The molecule has 0 fully saturated rings. The first-order chi connectivity index (χ1) is 13.6. The molecule has 3 heterocycles. The van der Waals surface area contributed by atoms with E-state index in [9.17, 15) is 19.5 Å². The molecule has 0 spiro atoms. The van der Waals surface area contributed by atoms with Crippen LogP contribution in [0.15, 0.2) is 64.4 Å². The number of aliphatic carboxylic acids is 1. The summed E-state index contributed by atoms with van der Waals surface area (Å²) in [5.74, 6) is -3.06. The van der Waals surface area contributed by atoms with E-state index in [-0.39, 0.29) is 4.87 Å². The lowest BCUT2D eigenvalue weighted by atomic mass is 9.80. The quantitative estimate of drug-likeness (QED) is 0.473. The number of benzene rings is 2. The summed E-state index contributed by atoms with van der Waals surface area (Å²) >= 11 is 2.02. The Morgan fingerprint density at radius 2 is 1.75 bits per heavy atom. The van der Waals surface area contributed by atoms with Crippen LogP contribution >= 0.6 is 23.1 Å². The number of rotatable bonds is 2. The molecule has 3 aromatic rings. The molecule has 0 radical (unpaired) electrons. The van der Waals surface area contributed by atoms with Crippen molar-refractivity contribution >= 4 is 35.0 Å². The van der Waals surface area contributed by atoms with Crippen molar-refractivity contribution in [1.82, 2.24) is 4.57 Å². The van der Waals surface area contributed by atoms with Gasteiger partial charge in [-0.05, 0) is 18.2 Å². The van der Waals surface area contributed by atoms with Gasteiger partial charge in [0.2, 0.25) is 0 Å². The van der Waals surface area contributed by atoms with Crippen molar-refractivity contribution < 1.29 is 19.4 Å². The molecular formula is C20H12NO5S2-. The van der Waals surface area contributed by atoms with Crippen LogP contribution in [0.25, 0.3) is 5.69 Å². The first kappa shape index (κ1) is 17.3. The Morgan fingerprint density at radius 1 is 1.04 bits per heavy atom. The number of carboxylic acid groups (broad SMARTS) is 1. The fourth-order valence-corrected chi connectivity index (χ4v) is 6.48. The predicted molar refractivity (Wildman–Crippen MR) is 102 cm³/mol. The number of hydrogen-bond acceptors (Lipinski definition) is 7. The number of thioether (sulfide) groups is 1. The van der Waals surface area contributed by atoms with Crippen LogP contribution in [0, 0.1) is 5.92 Å². The SMILES string of the molecule is O=C1Oc2ccccc2[C@@H]2c3sc(=O)n(-c4ccccc4)c3S[C@@H](C(=O)[O-])[C@H]12. The Balaban J connectivity index is 1.79. The summed E-state index contributed by atoms with van der Waals surface area (Å²) in [4.78, 5) is 37.9. The minimum Gasteiger partial charge on any atom is -0.549 e. The summed E-state index contributed by atoms with van der Waals surface area (Å²) in [6.45, 7) is 0. The van der Waals surface area contributed by atoms with Crippen molar-refractivity contribution in [3.63, 3.8) is 0 Å². The molecule has 0 N–H and O–H groups in total. The number of carbonyl (C=O) groups excluding carboxylic acids is 2. The average Bonchev–Trinajstić information content (AvgIpc) is 3.03. The fraction of sp³-hybridized carbons (Fsp3) is 0.150. The van der Waals surface area contributed by atoms with Gasteiger partial charge in [0, 0.05) is 16.4 Å². The zero-order valence-corrected chi connectivity index (χ0v) is 15.9. The summed E-state index contributed by atoms with van der Waals surface area (Å²) < 4.78 is 6.91. The van der Waals surface area contributed by atoms with Gasteiger partial charge in [-0.2, -0.15) is 0 Å².